The number of rotatable bonds is 8. The Hall–Kier alpha value is -4.25. The summed E-state index contributed by atoms with van der Waals surface area (Å²) in [5, 5.41) is 11.6. The third-order valence-corrected chi connectivity index (χ3v) is 8.11. The molecule has 214 valence electrons. The van der Waals surface area contributed by atoms with Crippen molar-refractivity contribution in [1.29, 1.82) is 0 Å². The van der Waals surface area contributed by atoms with Gasteiger partial charge in [-0.05, 0) is 56.9 Å². The lowest BCUT2D eigenvalue weighted by Gasteiger charge is -2.46. The molecule has 1 saturated heterocycles. The fourth-order valence-electron chi connectivity index (χ4n) is 6.07. The molecule has 11 heteroatoms. The average molecular weight is 557 g/mol. The van der Waals surface area contributed by atoms with Crippen LogP contribution in [-0.4, -0.2) is 56.7 Å². The smallest absolute Gasteiger partial charge is 0.295 e. The third-order valence-electron chi connectivity index (χ3n) is 8.11. The second kappa shape index (κ2) is 11.3. The quantitative estimate of drug-likeness (QED) is 0.282. The van der Waals surface area contributed by atoms with E-state index in [0.29, 0.717) is 34.7 Å². The lowest BCUT2D eigenvalue weighted by Crippen LogP contribution is -2.61. The molecule has 4 heterocycles. The SMILES string of the molecule is Cc1nc(-c2ccc(N3CCC[C@](C)(N[C@@H]4CCCC[C@H]4Nc4ncc(-c5cccc(C(N)=O)c5)o4)C3)cn2)no1. The van der Waals surface area contributed by atoms with E-state index < -0.39 is 5.91 Å². The lowest BCUT2D eigenvalue weighted by atomic mass is 9.84. The number of hydrogen-bond acceptors (Lipinski definition) is 10. The van der Waals surface area contributed by atoms with Gasteiger partial charge >= 0.3 is 0 Å². The molecule has 6 rings (SSSR count). The maximum atomic E-state index is 11.6. The van der Waals surface area contributed by atoms with Gasteiger partial charge in [0.15, 0.2) is 5.76 Å². The maximum absolute atomic E-state index is 11.6. The number of carbonyl (C=O) groups excluding carboxylic acids is 1. The van der Waals surface area contributed by atoms with Crippen LogP contribution in [0.3, 0.4) is 0 Å². The van der Waals surface area contributed by atoms with Gasteiger partial charge in [-0.3, -0.25) is 9.78 Å². The number of aryl methyl sites for hydroxylation is 1. The van der Waals surface area contributed by atoms with Crippen LogP contribution in [0.15, 0.2) is 57.7 Å². The first-order chi connectivity index (χ1) is 19.8. The molecule has 2 aliphatic rings. The number of pyridine rings is 1. The van der Waals surface area contributed by atoms with Crippen LogP contribution in [-0.2, 0) is 0 Å². The zero-order chi connectivity index (χ0) is 28.4. The third kappa shape index (κ3) is 6.09. The largest absolute Gasteiger partial charge is 0.424 e. The summed E-state index contributed by atoms with van der Waals surface area (Å²) in [6.45, 7) is 5.97. The van der Waals surface area contributed by atoms with Gasteiger partial charge in [0.05, 0.1) is 18.1 Å². The number of anilines is 2. The fraction of sp³-hybridized carbons (Fsp3) is 0.433. The summed E-state index contributed by atoms with van der Waals surface area (Å²) < 4.78 is 11.2. The van der Waals surface area contributed by atoms with Crippen LogP contribution in [0.25, 0.3) is 22.8 Å². The molecule has 1 aromatic carbocycles. The van der Waals surface area contributed by atoms with E-state index >= 15 is 0 Å². The molecule has 1 aliphatic heterocycles. The van der Waals surface area contributed by atoms with Gasteiger partial charge in [-0.15, -0.1) is 0 Å². The molecule has 0 unspecified atom stereocenters. The Balaban J connectivity index is 1.11. The number of piperidine rings is 1. The highest BCUT2D eigenvalue weighted by Gasteiger charge is 2.36. The molecule has 41 heavy (non-hydrogen) atoms. The van der Waals surface area contributed by atoms with Crippen molar-refractivity contribution in [2.45, 2.75) is 70.0 Å². The topological polar surface area (TPSA) is 148 Å². The molecular weight excluding hydrogens is 520 g/mol. The minimum absolute atomic E-state index is 0.0550. The van der Waals surface area contributed by atoms with Crippen LogP contribution in [0, 0.1) is 6.92 Å². The standard InChI is InChI=1S/C30H36N8O3/c1-19-34-28(37-41-19)25-12-11-22(16-32-25)38-14-6-13-30(2,18-38)36-24-10-4-3-9-23(24)35-29-33-17-26(40-29)20-7-5-8-21(15-20)27(31)39/h5,7-8,11-12,15-17,23-24,36H,3-4,6,9-10,13-14,18H2,1-2H3,(H2,31,39)(H,33,35)/t23-,24-,30+/m1/s1. The first kappa shape index (κ1) is 26.9. The van der Waals surface area contributed by atoms with E-state index in [-0.39, 0.29) is 17.6 Å². The van der Waals surface area contributed by atoms with E-state index in [2.05, 4.69) is 48.6 Å². The lowest BCUT2D eigenvalue weighted by molar-refractivity contribution is 0.100. The summed E-state index contributed by atoms with van der Waals surface area (Å²) in [5.74, 6) is 1.16. The van der Waals surface area contributed by atoms with E-state index in [9.17, 15) is 4.79 Å². The van der Waals surface area contributed by atoms with E-state index in [4.69, 9.17) is 14.7 Å². The van der Waals surface area contributed by atoms with Crippen LogP contribution in [0.2, 0.25) is 0 Å². The predicted molar refractivity (Wildman–Crippen MR) is 155 cm³/mol. The molecule has 0 spiro atoms. The van der Waals surface area contributed by atoms with Crippen molar-refractivity contribution < 1.29 is 13.7 Å². The Labute approximate surface area is 238 Å². The highest BCUT2D eigenvalue weighted by atomic mass is 16.5. The molecule has 1 saturated carbocycles. The van der Waals surface area contributed by atoms with Crippen LogP contribution in [0.1, 0.15) is 61.7 Å². The van der Waals surface area contributed by atoms with Crippen molar-refractivity contribution in [2.75, 3.05) is 23.3 Å². The minimum atomic E-state index is -0.470. The van der Waals surface area contributed by atoms with Crippen molar-refractivity contribution in [1.82, 2.24) is 25.4 Å². The Bertz CT molecular complexity index is 1500. The number of oxazole rings is 1. The van der Waals surface area contributed by atoms with Crippen molar-refractivity contribution in [3.05, 3.63) is 60.2 Å². The number of amides is 1. The van der Waals surface area contributed by atoms with Gasteiger partial charge in [0.1, 0.15) is 5.69 Å². The second-order valence-electron chi connectivity index (χ2n) is 11.4. The monoisotopic (exact) mass is 556 g/mol. The van der Waals surface area contributed by atoms with Crippen LogP contribution in [0.4, 0.5) is 11.7 Å². The minimum Gasteiger partial charge on any atom is -0.424 e. The summed E-state index contributed by atoms with van der Waals surface area (Å²) in [6, 6.07) is 12.1. The number of hydrogen-bond donors (Lipinski definition) is 3. The molecule has 4 N–H and O–H groups in total. The summed E-state index contributed by atoms with van der Waals surface area (Å²) in [7, 11) is 0. The van der Waals surface area contributed by atoms with E-state index in [1.165, 1.54) is 6.42 Å². The highest BCUT2D eigenvalue weighted by Crippen LogP contribution is 2.31. The number of nitrogens with zero attached hydrogens (tertiary/aromatic N) is 5. The number of benzene rings is 1. The average Bonchev–Trinajstić information content (AvgIpc) is 3.63. The molecule has 3 aromatic heterocycles. The van der Waals surface area contributed by atoms with Gasteiger partial charge in [-0.2, -0.15) is 4.98 Å². The van der Waals surface area contributed by atoms with Crippen molar-refractivity contribution in [3.8, 4) is 22.8 Å². The highest BCUT2D eigenvalue weighted by molar-refractivity contribution is 5.93. The van der Waals surface area contributed by atoms with Crippen molar-refractivity contribution in [3.63, 3.8) is 0 Å². The number of nitrogens with two attached hydrogens (primary N) is 1. The zero-order valence-corrected chi connectivity index (χ0v) is 23.5. The molecule has 11 nitrogen and oxygen atoms in total. The summed E-state index contributed by atoms with van der Waals surface area (Å²) in [6.07, 6.45) is 10.2. The van der Waals surface area contributed by atoms with Gasteiger partial charge in [0.2, 0.25) is 17.6 Å². The molecule has 0 bridgehead atoms. The molecular formula is C30H36N8O3. The second-order valence-corrected chi connectivity index (χ2v) is 11.4. The Kier molecular flexibility index (Phi) is 7.44. The molecule has 1 aliphatic carbocycles. The normalized spacial score (nSPS) is 22.9. The molecule has 4 aromatic rings. The maximum Gasteiger partial charge on any atom is 0.295 e. The van der Waals surface area contributed by atoms with Gasteiger partial charge in [0.25, 0.3) is 6.01 Å². The van der Waals surface area contributed by atoms with Gasteiger partial charge < -0.3 is 30.2 Å². The van der Waals surface area contributed by atoms with Crippen LogP contribution in [0.5, 0.6) is 0 Å². The Morgan fingerprint density at radius 3 is 2.71 bits per heavy atom. The fourth-order valence-corrected chi connectivity index (χ4v) is 6.07. The summed E-state index contributed by atoms with van der Waals surface area (Å²) in [4.78, 5) is 27.4. The predicted octanol–water partition coefficient (Wildman–Crippen LogP) is 4.57. The van der Waals surface area contributed by atoms with Gasteiger partial charge in [0, 0.05) is 48.8 Å². The number of aromatic nitrogens is 4. The molecule has 2 fully saturated rings. The van der Waals surface area contributed by atoms with Gasteiger partial charge in [-0.25, -0.2) is 4.98 Å². The molecule has 0 radical (unpaired) electrons. The first-order valence-corrected chi connectivity index (χ1v) is 14.3. The first-order valence-electron chi connectivity index (χ1n) is 14.3. The number of carbonyl (C=O) groups is 1. The number of nitrogens with one attached hydrogen (secondary N) is 2. The Morgan fingerprint density at radius 1 is 1.10 bits per heavy atom. The zero-order valence-electron chi connectivity index (χ0n) is 23.5. The van der Waals surface area contributed by atoms with Crippen molar-refractivity contribution >= 4 is 17.6 Å². The van der Waals surface area contributed by atoms with Crippen molar-refractivity contribution in [2.24, 2.45) is 5.73 Å². The van der Waals surface area contributed by atoms with Crippen LogP contribution < -0.4 is 21.3 Å². The Morgan fingerprint density at radius 2 is 1.95 bits per heavy atom. The van der Waals surface area contributed by atoms with E-state index in [1.807, 2.05) is 18.3 Å². The van der Waals surface area contributed by atoms with Gasteiger partial charge in [-0.1, -0.05) is 30.1 Å². The summed E-state index contributed by atoms with van der Waals surface area (Å²) >= 11 is 0. The van der Waals surface area contributed by atoms with Crippen LogP contribution >= 0.6 is 0 Å². The molecule has 1 amide bonds. The number of primary amides is 1. The summed E-state index contributed by atoms with van der Waals surface area (Å²) in [5.41, 5.74) is 8.39. The van der Waals surface area contributed by atoms with E-state index in [0.717, 1.165) is 56.4 Å². The molecule has 3 atom stereocenters. The van der Waals surface area contributed by atoms with E-state index in [1.54, 1.807) is 31.3 Å².